The van der Waals surface area contributed by atoms with Crippen LogP contribution in [0.1, 0.15) is 38.8 Å². The molecule has 1 aromatic carbocycles. The second-order valence-corrected chi connectivity index (χ2v) is 6.54. The molecule has 3 heteroatoms. The number of ether oxygens (including phenoxy) is 1. The lowest BCUT2D eigenvalue weighted by Gasteiger charge is -2.19. The topological polar surface area (TPSA) is 45.0 Å². The Labute approximate surface area is 115 Å². The highest BCUT2D eigenvalue weighted by Crippen LogP contribution is 2.37. The van der Waals surface area contributed by atoms with Crippen molar-refractivity contribution in [1.82, 2.24) is 5.32 Å². The van der Waals surface area contributed by atoms with Gasteiger partial charge in [-0.1, -0.05) is 18.2 Å². The molecule has 1 aromatic rings. The summed E-state index contributed by atoms with van der Waals surface area (Å²) in [5.74, 6) is 1.02. The summed E-state index contributed by atoms with van der Waals surface area (Å²) >= 11 is 0. The minimum atomic E-state index is -0.335. The second-order valence-electron chi connectivity index (χ2n) is 6.54. The molecule has 0 atom stereocenters. The van der Waals surface area contributed by atoms with Gasteiger partial charge < -0.3 is 10.1 Å². The number of nitrogens with one attached hydrogen (secondary N) is 1. The number of para-hydroxylation sites is 1. The van der Waals surface area contributed by atoms with Crippen molar-refractivity contribution in [3.05, 3.63) is 29.3 Å². The maximum Gasteiger partial charge on any atom is 0.127 e. The van der Waals surface area contributed by atoms with Crippen molar-refractivity contribution in [3.8, 4) is 11.8 Å². The summed E-state index contributed by atoms with van der Waals surface area (Å²) in [6.45, 7) is 9.52. The van der Waals surface area contributed by atoms with Crippen LogP contribution in [-0.2, 0) is 13.0 Å². The first-order chi connectivity index (χ1) is 8.83. The van der Waals surface area contributed by atoms with Gasteiger partial charge in [-0.25, -0.2) is 0 Å². The molecule has 1 aliphatic rings. The Morgan fingerprint density at radius 3 is 2.84 bits per heavy atom. The molecule has 1 heterocycles. The van der Waals surface area contributed by atoms with E-state index in [-0.39, 0.29) is 11.0 Å². The van der Waals surface area contributed by atoms with Gasteiger partial charge in [-0.15, -0.1) is 0 Å². The minimum absolute atomic E-state index is 0.107. The van der Waals surface area contributed by atoms with E-state index in [1.807, 2.05) is 13.8 Å². The zero-order valence-corrected chi connectivity index (χ0v) is 12.2. The summed E-state index contributed by atoms with van der Waals surface area (Å²) in [5, 5.41) is 12.3. The van der Waals surface area contributed by atoms with E-state index < -0.39 is 0 Å². The largest absolute Gasteiger partial charge is 0.487 e. The Kier molecular flexibility index (Phi) is 3.56. The molecule has 19 heavy (non-hydrogen) atoms. The number of nitrogens with zero attached hydrogens (tertiary/aromatic N) is 1. The van der Waals surface area contributed by atoms with E-state index in [1.165, 1.54) is 11.1 Å². The molecular weight excluding hydrogens is 236 g/mol. The van der Waals surface area contributed by atoms with Gasteiger partial charge in [0.15, 0.2) is 0 Å². The van der Waals surface area contributed by atoms with Gasteiger partial charge in [-0.05, 0) is 33.3 Å². The van der Waals surface area contributed by atoms with Crippen molar-refractivity contribution < 1.29 is 4.74 Å². The normalized spacial score (nSPS) is 16.6. The van der Waals surface area contributed by atoms with E-state index in [2.05, 4.69) is 43.4 Å². The van der Waals surface area contributed by atoms with Crippen molar-refractivity contribution >= 4 is 0 Å². The number of fused-ring (bicyclic) bond motifs is 1. The molecule has 0 saturated heterocycles. The Morgan fingerprint density at radius 1 is 1.42 bits per heavy atom. The van der Waals surface area contributed by atoms with Gasteiger partial charge in [0.05, 0.1) is 11.5 Å². The lowest BCUT2D eigenvalue weighted by Crippen LogP contribution is -2.28. The van der Waals surface area contributed by atoms with Crippen molar-refractivity contribution in [3.63, 3.8) is 0 Å². The van der Waals surface area contributed by atoms with Crippen molar-refractivity contribution in [1.29, 1.82) is 5.26 Å². The third-order valence-corrected chi connectivity index (χ3v) is 3.36. The molecule has 3 nitrogen and oxygen atoms in total. The van der Waals surface area contributed by atoms with Crippen LogP contribution in [0.4, 0.5) is 0 Å². The van der Waals surface area contributed by atoms with Crippen LogP contribution in [0.15, 0.2) is 18.2 Å². The average Bonchev–Trinajstić information content (AvgIpc) is 2.64. The Bertz CT molecular complexity index is 512. The predicted octanol–water partition coefficient (Wildman–Crippen LogP) is 3.04. The van der Waals surface area contributed by atoms with E-state index in [9.17, 15) is 0 Å². The van der Waals surface area contributed by atoms with Crippen LogP contribution in [0, 0.1) is 16.7 Å². The van der Waals surface area contributed by atoms with Crippen molar-refractivity contribution in [2.45, 2.75) is 46.3 Å². The summed E-state index contributed by atoms with van der Waals surface area (Å²) in [7, 11) is 0. The highest BCUT2D eigenvalue weighted by atomic mass is 16.5. The fraction of sp³-hybridized carbons (Fsp3) is 0.562. The molecule has 0 aromatic heterocycles. The van der Waals surface area contributed by atoms with Gasteiger partial charge in [0, 0.05) is 25.1 Å². The van der Waals surface area contributed by atoms with Crippen LogP contribution >= 0.6 is 0 Å². The van der Waals surface area contributed by atoms with Gasteiger partial charge in [0.2, 0.25) is 0 Å². The number of hydrogen-bond acceptors (Lipinski definition) is 3. The molecule has 1 N–H and O–H groups in total. The molecule has 0 bridgehead atoms. The maximum atomic E-state index is 9.00. The van der Waals surface area contributed by atoms with Gasteiger partial charge in [-0.2, -0.15) is 5.26 Å². The molecule has 0 amide bonds. The van der Waals surface area contributed by atoms with Crippen molar-refractivity contribution in [2.75, 3.05) is 6.54 Å². The first-order valence-corrected chi connectivity index (χ1v) is 6.75. The number of rotatable bonds is 4. The standard InChI is InChI=1S/C16H22N2O/c1-15(2,10-17)11-18-9-13-7-5-6-12-8-16(3,4)19-14(12)13/h5-7,18H,8-9,11H2,1-4H3. The summed E-state index contributed by atoms with van der Waals surface area (Å²) in [6, 6.07) is 8.60. The van der Waals surface area contributed by atoms with Crippen LogP contribution in [0.2, 0.25) is 0 Å². The third-order valence-electron chi connectivity index (χ3n) is 3.36. The second kappa shape index (κ2) is 4.86. The lowest BCUT2D eigenvalue weighted by atomic mass is 9.96. The SMILES string of the molecule is CC(C)(C#N)CNCc1cccc2c1OC(C)(C)C2. The van der Waals surface area contributed by atoms with Crippen LogP contribution in [-0.4, -0.2) is 12.1 Å². The number of hydrogen-bond donors (Lipinski definition) is 1. The lowest BCUT2D eigenvalue weighted by molar-refractivity contribution is 0.137. The van der Waals surface area contributed by atoms with E-state index in [1.54, 1.807) is 0 Å². The smallest absolute Gasteiger partial charge is 0.127 e. The van der Waals surface area contributed by atoms with Crippen LogP contribution < -0.4 is 10.1 Å². The zero-order valence-electron chi connectivity index (χ0n) is 12.2. The highest BCUT2D eigenvalue weighted by molar-refractivity contribution is 5.45. The third kappa shape index (κ3) is 3.27. The van der Waals surface area contributed by atoms with Gasteiger partial charge >= 0.3 is 0 Å². The fourth-order valence-electron chi connectivity index (χ4n) is 2.37. The number of nitriles is 1. The van der Waals surface area contributed by atoms with E-state index in [0.29, 0.717) is 6.54 Å². The first-order valence-electron chi connectivity index (χ1n) is 6.75. The van der Waals surface area contributed by atoms with Gasteiger partial charge in [0.1, 0.15) is 11.4 Å². The molecule has 0 fully saturated rings. The molecule has 0 spiro atoms. The quantitative estimate of drug-likeness (QED) is 0.902. The molecular formula is C16H22N2O. The summed E-state index contributed by atoms with van der Waals surface area (Å²) < 4.78 is 6.03. The summed E-state index contributed by atoms with van der Waals surface area (Å²) in [4.78, 5) is 0. The van der Waals surface area contributed by atoms with E-state index in [0.717, 1.165) is 18.7 Å². The molecule has 2 rings (SSSR count). The molecule has 0 aliphatic carbocycles. The minimum Gasteiger partial charge on any atom is -0.487 e. The predicted molar refractivity (Wildman–Crippen MR) is 76.0 cm³/mol. The molecule has 1 aliphatic heterocycles. The van der Waals surface area contributed by atoms with Gasteiger partial charge in [-0.3, -0.25) is 0 Å². The summed E-state index contributed by atoms with van der Waals surface area (Å²) in [5.41, 5.74) is 2.02. The fourth-order valence-corrected chi connectivity index (χ4v) is 2.37. The highest BCUT2D eigenvalue weighted by Gasteiger charge is 2.31. The van der Waals surface area contributed by atoms with Gasteiger partial charge in [0.25, 0.3) is 0 Å². The van der Waals surface area contributed by atoms with Crippen LogP contribution in [0.3, 0.4) is 0 Å². The zero-order chi connectivity index (χ0) is 14.1. The average molecular weight is 258 g/mol. The van der Waals surface area contributed by atoms with Crippen LogP contribution in [0.25, 0.3) is 0 Å². The monoisotopic (exact) mass is 258 g/mol. The molecule has 0 saturated carbocycles. The Balaban J connectivity index is 2.04. The van der Waals surface area contributed by atoms with Crippen molar-refractivity contribution in [2.24, 2.45) is 5.41 Å². The maximum absolute atomic E-state index is 9.00. The Morgan fingerprint density at radius 2 is 2.16 bits per heavy atom. The first kappa shape index (κ1) is 13.9. The molecule has 102 valence electrons. The summed E-state index contributed by atoms with van der Waals surface area (Å²) in [6.07, 6.45) is 0.958. The molecule has 0 unspecified atom stereocenters. The molecule has 0 radical (unpaired) electrons. The van der Waals surface area contributed by atoms with Crippen LogP contribution in [0.5, 0.6) is 5.75 Å². The number of benzene rings is 1. The van der Waals surface area contributed by atoms with E-state index in [4.69, 9.17) is 10.00 Å². The van der Waals surface area contributed by atoms with E-state index >= 15 is 0 Å². The Hall–Kier alpha value is -1.53.